The van der Waals surface area contributed by atoms with Gasteiger partial charge >= 0.3 is 5.97 Å². The van der Waals surface area contributed by atoms with Gasteiger partial charge in [-0.1, -0.05) is 36.4 Å². The molecule has 0 saturated carbocycles. The fourth-order valence-electron chi connectivity index (χ4n) is 2.15. The van der Waals surface area contributed by atoms with Crippen LogP contribution in [-0.4, -0.2) is 19.0 Å². The summed E-state index contributed by atoms with van der Waals surface area (Å²) in [6.07, 6.45) is 0.162. The van der Waals surface area contributed by atoms with E-state index in [-0.39, 0.29) is 18.3 Å². The van der Waals surface area contributed by atoms with Crippen LogP contribution in [0.3, 0.4) is 0 Å². The summed E-state index contributed by atoms with van der Waals surface area (Å²) in [5, 5.41) is 2.00. The van der Waals surface area contributed by atoms with E-state index in [4.69, 9.17) is 11.6 Å². The molecule has 5 heteroatoms. The van der Waals surface area contributed by atoms with E-state index in [0.717, 1.165) is 16.7 Å². The van der Waals surface area contributed by atoms with Gasteiger partial charge < -0.3 is 10.1 Å². The first-order valence-corrected chi connectivity index (χ1v) is 7.61. The molecule has 0 heterocycles. The molecule has 2 rings (SSSR count). The van der Waals surface area contributed by atoms with Gasteiger partial charge in [-0.15, -0.1) is 11.6 Å². The first-order valence-electron chi connectivity index (χ1n) is 7.17. The number of anilines is 1. The SMILES string of the molecule is COC(=O)Cc1cc(NC(=O)C(Cl)c2ccccc2)ccc1C. The lowest BCUT2D eigenvalue weighted by molar-refractivity contribution is -0.139. The van der Waals surface area contributed by atoms with Crippen molar-refractivity contribution in [2.24, 2.45) is 0 Å². The van der Waals surface area contributed by atoms with E-state index in [1.807, 2.05) is 31.2 Å². The maximum atomic E-state index is 12.3. The number of methoxy groups -OCH3 is 1. The van der Waals surface area contributed by atoms with Crippen LogP contribution in [0, 0.1) is 6.92 Å². The molecular formula is C18H18ClNO3. The van der Waals surface area contributed by atoms with E-state index in [9.17, 15) is 9.59 Å². The summed E-state index contributed by atoms with van der Waals surface area (Å²) in [5.74, 6) is -0.637. The Morgan fingerprint density at radius 3 is 2.52 bits per heavy atom. The number of hydrogen-bond donors (Lipinski definition) is 1. The Morgan fingerprint density at radius 1 is 1.17 bits per heavy atom. The highest BCUT2D eigenvalue weighted by atomic mass is 35.5. The van der Waals surface area contributed by atoms with Crippen LogP contribution in [0.15, 0.2) is 48.5 Å². The number of hydrogen-bond acceptors (Lipinski definition) is 3. The predicted octanol–water partition coefficient (Wildman–Crippen LogP) is 3.63. The zero-order valence-electron chi connectivity index (χ0n) is 13.0. The van der Waals surface area contributed by atoms with E-state index in [1.54, 1.807) is 24.3 Å². The Bertz CT molecular complexity index is 701. The van der Waals surface area contributed by atoms with Gasteiger partial charge in [0.05, 0.1) is 13.5 Å². The molecule has 0 fully saturated rings. The minimum atomic E-state index is -0.776. The summed E-state index contributed by atoms with van der Waals surface area (Å²) in [4.78, 5) is 23.7. The van der Waals surface area contributed by atoms with Crippen molar-refractivity contribution in [1.29, 1.82) is 0 Å². The lowest BCUT2D eigenvalue weighted by Gasteiger charge is -2.13. The number of rotatable bonds is 5. The minimum absolute atomic E-state index is 0.162. The van der Waals surface area contributed by atoms with Gasteiger partial charge in [-0.3, -0.25) is 9.59 Å². The second-order valence-corrected chi connectivity index (χ2v) is 5.59. The fraction of sp³-hybridized carbons (Fsp3) is 0.222. The summed E-state index contributed by atoms with van der Waals surface area (Å²) in [6, 6.07) is 14.5. The number of benzene rings is 2. The first kappa shape index (κ1) is 17.0. The summed E-state index contributed by atoms with van der Waals surface area (Å²) < 4.78 is 4.68. The van der Waals surface area contributed by atoms with Crippen molar-refractivity contribution in [2.75, 3.05) is 12.4 Å². The molecule has 4 nitrogen and oxygen atoms in total. The molecule has 0 bridgehead atoms. The van der Waals surface area contributed by atoms with Crippen LogP contribution in [0.1, 0.15) is 22.1 Å². The number of amides is 1. The van der Waals surface area contributed by atoms with Gasteiger partial charge in [-0.05, 0) is 35.7 Å². The highest BCUT2D eigenvalue weighted by Gasteiger charge is 2.18. The van der Waals surface area contributed by atoms with Gasteiger partial charge in [-0.25, -0.2) is 0 Å². The number of alkyl halides is 1. The van der Waals surface area contributed by atoms with Crippen molar-refractivity contribution in [3.8, 4) is 0 Å². The lowest BCUT2D eigenvalue weighted by atomic mass is 10.0. The molecule has 2 aromatic carbocycles. The molecule has 1 unspecified atom stereocenters. The molecule has 2 aromatic rings. The number of aryl methyl sites for hydroxylation is 1. The quantitative estimate of drug-likeness (QED) is 0.672. The number of nitrogens with one attached hydrogen (secondary N) is 1. The van der Waals surface area contributed by atoms with E-state index >= 15 is 0 Å². The lowest BCUT2D eigenvalue weighted by Crippen LogP contribution is -2.17. The molecule has 1 N–H and O–H groups in total. The van der Waals surface area contributed by atoms with Gasteiger partial charge in [-0.2, -0.15) is 0 Å². The molecule has 0 spiro atoms. The molecule has 1 amide bonds. The zero-order valence-corrected chi connectivity index (χ0v) is 13.8. The van der Waals surface area contributed by atoms with Crippen molar-refractivity contribution in [1.82, 2.24) is 0 Å². The molecular weight excluding hydrogens is 314 g/mol. The van der Waals surface area contributed by atoms with Crippen LogP contribution in [-0.2, 0) is 20.7 Å². The summed E-state index contributed by atoms with van der Waals surface area (Å²) in [5.41, 5.74) is 3.09. The van der Waals surface area contributed by atoms with Crippen LogP contribution in [0.5, 0.6) is 0 Å². The number of carbonyl (C=O) groups excluding carboxylic acids is 2. The highest BCUT2D eigenvalue weighted by Crippen LogP contribution is 2.23. The van der Waals surface area contributed by atoms with Crippen molar-refractivity contribution < 1.29 is 14.3 Å². The monoisotopic (exact) mass is 331 g/mol. The van der Waals surface area contributed by atoms with E-state index in [0.29, 0.717) is 5.69 Å². The standard InChI is InChI=1S/C18H18ClNO3/c1-12-8-9-15(10-14(12)11-16(21)23-2)20-18(22)17(19)13-6-4-3-5-7-13/h3-10,17H,11H2,1-2H3,(H,20,22). The summed E-state index contributed by atoms with van der Waals surface area (Å²) in [7, 11) is 1.35. The van der Waals surface area contributed by atoms with Crippen LogP contribution >= 0.6 is 11.6 Å². The summed E-state index contributed by atoms with van der Waals surface area (Å²) >= 11 is 6.20. The third-order valence-electron chi connectivity index (χ3n) is 3.50. The Morgan fingerprint density at radius 2 is 1.87 bits per heavy atom. The number of halogens is 1. The van der Waals surface area contributed by atoms with Gasteiger partial charge in [0.15, 0.2) is 0 Å². The van der Waals surface area contributed by atoms with Crippen molar-refractivity contribution in [3.05, 3.63) is 65.2 Å². The zero-order chi connectivity index (χ0) is 16.8. The highest BCUT2D eigenvalue weighted by molar-refractivity contribution is 6.32. The maximum absolute atomic E-state index is 12.3. The van der Waals surface area contributed by atoms with E-state index < -0.39 is 5.38 Å². The van der Waals surface area contributed by atoms with Gasteiger partial charge in [0.25, 0.3) is 0 Å². The molecule has 0 saturated heterocycles. The third kappa shape index (κ3) is 4.57. The first-order chi connectivity index (χ1) is 11.0. The molecule has 120 valence electrons. The van der Waals surface area contributed by atoms with Crippen LogP contribution in [0.2, 0.25) is 0 Å². The van der Waals surface area contributed by atoms with Crippen LogP contribution in [0.4, 0.5) is 5.69 Å². The average molecular weight is 332 g/mol. The largest absolute Gasteiger partial charge is 0.469 e. The Hall–Kier alpha value is -2.33. The normalized spacial score (nSPS) is 11.6. The molecule has 0 aromatic heterocycles. The van der Waals surface area contributed by atoms with Crippen molar-refractivity contribution >= 4 is 29.2 Å². The second kappa shape index (κ2) is 7.79. The molecule has 0 radical (unpaired) electrons. The smallest absolute Gasteiger partial charge is 0.309 e. The molecule has 0 aliphatic carbocycles. The van der Waals surface area contributed by atoms with Crippen molar-refractivity contribution in [3.63, 3.8) is 0 Å². The molecule has 1 atom stereocenters. The Kier molecular flexibility index (Phi) is 5.77. The van der Waals surface area contributed by atoms with Gasteiger partial charge in [0.1, 0.15) is 5.38 Å². The Balaban J connectivity index is 2.12. The summed E-state index contributed by atoms with van der Waals surface area (Å²) in [6.45, 7) is 1.90. The third-order valence-corrected chi connectivity index (χ3v) is 3.95. The minimum Gasteiger partial charge on any atom is -0.469 e. The maximum Gasteiger partial charge on any atom is 0.309 e. The van der Waals surface area contributed by atoms with Crippen LogP contribution in [0.25, 0.3) is 0 Å². The number of esters is 1. The van der Waals surface area contributed by atoms with E-state index in [1.165, 1.54) is 7.11 Å². The van der Waals surface area contributed by atoms with Gasteiger partial charge in [0, 0.05) is 5.69 Å². The molecule has 0 aliphatic rings. The predicted molar refractivity (Wildman–Crippen MR) is 90.6 cm³/mol. The van der Waals surface area contributed by atoms with Crippen LogP contribution < -0.4 is 5.32 Å². The van der Waals surface area contributed by atoms with Crippen molar-refractivity contribution in [2.45, 2.75) is 18.7 Å². The Labute approximate surface area is 140 Å². The molecule has 0 aliphatic heterocycles. The van der Waals surface area contributed by atoms with Gasteiger partial charge in [0.2, 0.25) is 5.91 Å². The number of carbonyl (C=O) groups is 2. The molecule has 23 heavy (non-hydrogen) atoms. The average Bonchev–Trinajstić information content (AvgIpc) is 2.57. The topological polar surface area (TPSA) is 55.4 Å². The fourth-order valence-corrected chi connectivity index (χ4v) is 2.35. The number of ether oxygens (including phenoxy) is 1. The second-order valence-electron chi connectivity index (χ2n) is 5.16. The van der Waals surface area contributed by atoms with E-state index in [2.05, 4.69) is 10.1 Å².